The van der Waals surface area contributed by atoms with Crippen LogP contribution in [0.5, 0.6) is 5.75 Å². The molecule has 0 aliphatic rings. The summed E-state index contributed by atoms with van der Waals surface area (Å²) >= 11 is 0. The van der Waals surface area contributed by atoms with E-state index in [-0.39, 0.29) is 5.69 Å². The fourth-order valence-electron chi connectivity index (χ4n) is 1.56. The second-order valence-corrected chi connectivity index (χ2v) is 3.84. The normalized spacial score (nSPS) is 10.4. The van der Waals surface area contributed by atoms with E-state index in [0.717, 1.165) is 12.1 Å². The summed E-state index contributed by atoms with van der Waals surface area (Å²) in [5.74, 6) is -1.97. The lowest BCUT2D eigenvalue weighted by Crippen LogP contribution is -2.12. The summed E-state index contributed by atoms with van der Waals surface area (Å²) in [5, 5.41) is 2.46. The Hall–Kier alpha value is -2.50. The molecule has 20 heavy (non-hydrogen) atoms. The van der Waals surface area contributed by atoms with Crippen molar-refractivity contribution in [1.29, 1.82) is 0 Å². The number of carbonyl (C=O) groups excluding carboxylic acids is 1. The molecule has 0 unspecified atom stereocenters. The number of hydrogen-bond donors (Lipinski definition) is 1. The second kappa shape index (κ2) is 6.10. The predicted molar refractivity (Wildman–Crippen MR) is 67.4 cm³/mol. The van der Waals surface area contributed by atoms with Crippen molar-refractivity contribution >= 4 is 11.6 Å². The van der Waals surface area contributed by atoms with E-state index in [0.29, 0.717) is 5.56 Å². The molecule has 0 saturated carbocycles. The number of nitrogens with one attached hydrogen (secondary N) is 1. The zero-order valence-electron chi connectivity index (χ0n) is 10.1. The van der Waals surface area contributed by atoms with Gasteiger partial charge in [0, 0.05) is 17.3 Å². The van der Waals surface area contributed by atoms with Gasteiger partial charge in [-0.3, -0.25) is 4.79 Å². The summed E-state index contributed by atoms with van der Waals surface area (Å²) in [7, 11) is 0. The van der Waals surface area contributed by atoms with Gasteiger partial charge < -0.3 is 10.1 Å². The van der Waals surface area contributed by atoms with Crippen LogP contribution in [0.3, 0.4) is 0 Å². The summed E-state index contributed by atoms with van der Waals surface area (Å²) in [5.41, 5.74) is 0.554. The third-order valence-electron chi connectivity index (χ3n) is 2.44. The Morgan fingerprint density at radius 1 is 1.10 bits per heavy atom. The zero-order valence-corrected chi connectivity index (χ0v) is 10.1. The number of halogens is 3. The molecule has 0 aliphatic heterocycles. The molecule has 2 rings (SSSR count). The van der Waals surface area contributed by atoms with Crippen LogP contribution in [0.4, 0.5) is 18.9 Å². The minimum Gasteiger partial charge on any atom is -0.432 e. The van der Waals surface area contributed by atoms with Gasteiger partial charge in [0.1, 0.15) is 0 Å². The maximum absolute atomic E-state index is 13.5. The SMILES string of the molecule is O=C(Nc1ccc(OC(F)F)c(F)c1)c1ccccc1. The molecule has 0 bridgehead atoms. The molecule has 0 saturated heterocycles. The fourth-order valence-corrected chi connectivity index (χ4v) is 1.56. The lowest BCUT2D eigenvalue weighted by molar-refractivity contribution is -0.0521. The van der Waals surface area contributed by atoms with Gasteiger partial charge in [-0.15, -0.1) is 0 Å². The molecular weight excluding hydrogens is 271 g/mol. The number of benzene rings is 2. The van der Waals surface area contributed by atoms with Crippen LogP contribution in [-0.2, 0) is 0 Å². The van der Waals surface area contributed by atoms with Crippen molar-refractivity contribution in [2.75, 3.05) is 5.32 Å². The van der Waals surface area contributed by atoms with E-state index < -0.39 is 24.1 Å². The lowest BCUT2D eigenvalue weighted by Gasteiger charge is -2.08. The molecule has 1 amide bonds. The van der Waals surface area contributed by atoms with Crippen LogP contribution in [0, 0.1) is 5.82 Å². The summed E-state index contributed by atoms with van der Waals surface area (Å²) in [4.78, 5) is 11.8. The van der Waals surface area contributed by atoms with E-state index in [9.17, 15) is 18.0 Å². The van der Waals surface area contributed by atoms with Gasteiger partial charge in [-0.2, -0.15) is 8.78 Å². The first kappa shape index (κ1) is 13.9. The molecule has 0 heterocycles. The Bertz CT molecular complexity index is 603. The van der Waals surface area contributed by atoms with Crippen molar-refractivity contribution in [2.45, 2.75) is 6.61 Å². The van der Waals surface area contributed by atoms with E-state index in [2.05, 4.69) is 10.1 Å². The molecule has 2 aromatic carbocycles. The number of ether oxygens (including phenoxy) is 1. The molecule has 0 radical (unpaired) electrons. The van der Waals surface area contributed by atoms with Gasteiger partial charge in [0.05, 0.1) is 0 Å². The molecule has 104 valence electrons. The smallest absolute Gasteiger partial charge is 0.387 e. The Balaban J connectivity index is 2.11. The first-order chi connectivity index (χ1) is 9.56. The Kier molecular flexibility index (Phi) is 4.24. The number of carbonyl (C=O) groups is 1. The predicted octanol–water partition coefficient (Wildman–Crippen LogP) is 3.68. The van der Waals surface area contributed by atoms with Gasteiger partial charge in [-0.05, 0) is 24.3 Å². The Morgan fingerprint density at radius 3 is 2.40 bits per heavy atom. The van der Waals surface area contributed by atoms with Gasteiger partial charge in [0.15, 0.2) is 11.6 Å². The molecule has 0 spiro atoms. The third kappa shape index (κ3) is 3.50. The minimum atomic E-state index is -3.10. The molecule has 6 heteroatoms. The first-order valence-electron chi connectivity index (χ1n) is 5.67. The number of rotatable bonds is 4. The first-order valence-corrected chi connectivity index (χ1v) is 5.67. The van der Waals surface area contributed by atoms with Gasteiger partial charge in [0.25, 0.3) is 5.91 Å². The van der Waals surface area contributed by atoms with Crippen LogP contribution in [0.15, 0.2) is 48.5 Å². The number of anilines is 1. The highest BCUT2D eigenvalue weighted by Gasteiger charge is 2.11. The average molecular weight is 281 g/mol. The van der Waals surface area contributed by atoms with Crippen molar-refractivity contribution < 1.29 is 22.7 Å². The van der Waals surface area contributed by atoms with Crippen molar-refractivity contribution in [2.24, 2.45) is 0 Å². The largest absolute Gasteiger partial charge is 0.432 e. The van der Waals surface area contributed by atoms with Gasteiger partial charge in [0.2, 0.25) is 0 Å². The highest BCUT2D eigenvalue weighted by atomic mass is 19.3. The minimum absolute atomic E-state index is 0.151. The summed E-state index contributed by atoms with van der Waals surface area (Å²) in [6, 6.07) is 11.6. The third-order valence-corrected chi connectivity index (χ3v) is 2.44. The van der Waals surface area contributed by atoms with Crippen molar-refractivity contribution in [1.82, 2.24) is 0 Å². The van der Waals surface area contributed by atoms with Crippen LogP contribution in [0.2, 0.25) is 0 Å². The maximum Gasteiger partial charge on any atom is 0.387 e. The molecular formula is C14H10F3NO2. The molecule has 0 aliphatic carbocycles. The molecule has 2 aromatic rings. The maximum atomic E-state index is 13.5. The van der Waals surface area contributed by atoms with E-state index in [1.54, 1.807) is 30.3 Å². The summed E-state index contributed by atoms with van der Waals surface area (Å²) < 4.78 is 41.4. The van der Waals surface area contributed by atoms with Crippen LogP contribution < -0.4 is 10.1 Å². The van der Waals surface area contributed by atoms with Crippen molar-refractivity contribution in [3.8, 4) is 5.75 Å². The molecule has 0 fully saturated rings. The fraction of sp³-hybridized carbons (Fsp3) is 0.0714. The van der Waals surface area contributed by atoms with Crippen molar-refractivity contribution in [3.05, 3.63) is 59.9 Å². The van der Waals surface area contributed by atoms with E-state index >= 15 is 0 Å². The monoisotopic (exact) mass is 281 g/mol. The molecule has 3 nitrogen and oxygen atoms in total. The van der Waals surface area contributed by atoms with Crippen LogP contribution in [-0.4, -0.2) is 12.5 Å². The van der Waals surface area contributed by atoms with Crippen LogP contribution >= 0.6 is 0 Å². The topological polar surface area (TPSA) is 38.3 Å². The Morgan fingerprint density at radius 2 is 1.80 bits per heavy atom. The number of alkyl halides is 2. The quantitative estimate of drug-likeness (QED) is 0.928. The zero-order chi connectivity index (χ0) is 14.5. The highest BCUT2D eigenvalue weighted by molar-refractivity contribution is 6.04. The molecule has 0 atom stereocenters. The number of hydrogen-bond acceptors (Lipinski definition) is 2. The van der Waals surface area contributed by atoms with E-state index in [1.807, 2.05) is 0 Å². The van der Waals surface area contributed by atoms with Crippen LogP contribution in [0.1, 0.15) is 10.4 Å². The molecule has 0 aromatic heterocycles. The van der Waals surface area contributed by atoms with E-state index in [4.69, 9.17) is 0 Å². The van der Waals surface area contributed by atoms with Crippen molar-refractivity contribution in [3.63, 3.8) is 0 Å². The number of amides is 1. The molecule has 1 N–H and O–H groups in total. The second-order valence-electron chi connectivity index (χ2n) is 3.84. The van der Waals surface area contributed by atoms with Gasteiger partial charge in [-0.1, -0.05) is 18.2 Å². The van der Waals surface area contributed by atoms with Crippen LogP contribution in [0.25, 0.3) is 0 Å². The summed E-state index contributed by atoms with van der Waals surface area (Å²) in [6.45, 7) is -3.10. The lowest BCUT2D eigenvalue weighted by atomic mass is 10.2. The highest BCUT2D eigenvalue weighted by Crippen LogP contribution is 2.23. The Labute approximate surface area is 113 Å². The van der Waals surface area contributed by atoms with Gasteiger partial charge >= 0.3 is 6.61 Å². The van der Waals surface area contributed by atoms with Gasteiger partial charge in [-0.25, -0.2) is 4.39 Å². The van der Waals surface area contributed by atoms with E-state index in [1.165, 1.54) is 6.07 Å². The summed E-state index contributed by atoms with van der Waals surface area (Å²) in [6.07, 6.45) is 0. The average Bonchev–Trinajstić information content (AvgIpc) is 2.42. The standard InChI is InChI=1S/C14H10F3NO2/c15-11-8-10(6-7-12(11)20-14(16)17)18-13(19)9-4-2-1-3-5-9/h1-8,14H,(H,18,19).